The number of carbonyl (C=O) groups excluding carboxylic acids is 1. The highest BCUT2D eigenvalue weighted by Gasteiger charge is 2.28. The number of hydrogen-bond donors (Lipinski definition) is 2. The van der Waals surface area contributed by atoms with Gasteiger partial charge in [-0.3, -0.25) is 4.57 Å². The molecule has 0 aliphatic carbocycles. The number of anilines is 3. The number of imidazole rings is 1. The Balaban J connectivity index is 1.30. The van der Waals surface area contributed by atoms with Crippen LogP contribution in [0.15, 0.2) is 55.1 Å². The first kappa shape index (κ1) is 21.2. The van der Waals surface area contributed by atoms with E-state index in [9.17, 15) is 4.79 Å². The van der Waals surface area contributed by atoms with E-state index in [2.05, 4.69) is 45.0 Å². The molecule has 35 heavy (non-hydrogen) atoms. The molecule has 0 radical (unpaired) electrons. The average molecular weight is 468 g/mol. The summed E-state index contributed by atoms with van der Waals surface area (Å²) >= 11 is 0. The molecule has 0 saturated carbocycles. The van der Waals surface area contributed by atoms with E-state index in [0.717, 1.165) is 63.4 Å². The molecule has 6 rings (SSSR count). The third-order valence-electron chi connectivity index (χ3n) is 6.44. The van der Waals surface area contributed by atoms with Gasteiger partial charge in [-0.05, 0) is 49.2 Å². The van der Waals surface area contributed by atoms with Crippen molar-refractivity contribution in [1.82, 2.24) is 24.8 Å². The van der Waals surface area contributed by atoms with Gasteiger partial charge < -0.3 is 20.3 Å². The lowest BCUT2D eigenvalue weighted by Crippen LogP contribution is -2.33. The minimum Gasteiger partial charge on any atom is -0.493 e. The summed E-state index contributed by atoms with van der Waals surface area (Å²) in [7, 11) is 0. The molecule has 0 unspecified atom stereocenters. The maximum atomic E-state index is 11.6. The Hall–Kier alpha value is -4.40. The van der Waals surface area contributed by atoms with Crippen molar-refractivity contribution in [1.29, 1.82) is 0 Å². The Kier molecular flexibility index (Phi) is 5.09. The summed E-state index contributed by atoms with van der Waals surface area (Å²) in [6, 6.07) is 9.67. The molecule has 2 amide bonds. The summed E-state index contributed by atoms with van der Waals surface area (Å²) in [6.45, 7) is 5.86. The van der Waals surface area contributed by atoms with E-state index in [1.54, 1.807) is 0 Å². The molecule has 2 aliphatic rings. The van der Waals surface area contributed by atoms with Crippen LogP contribution in [-0.4, -0.2) is 38.7 Å². The normalized spacial score (nSPS) is 13.5. The number of fused-ring (bicyclic) bond motifs is 6. The summed E-state index contributed by atoms with van der Waals surface area (Å²) in [6.07, 6.45) is 8.22. The topological polar surface area (TPSA) is 97.2 Å². The van der Waals surface area contributed by atoms with Crippen molar-refractivity contribution in [3.63, 3.8) is 0 Å². The minimum absolute atomic E-state index is 0.197. The van der Waals surface area contributed by atoms with Gasteiger partial charge in [0.05, 0.1) is 30.1 Å². The zero-order valence-electron chi connectivity index (χ0n) is 19.6. The Morgan fingerprint density at radius 3 is 2.91 bits per heavy atom. The van der Waals surface area contributed by atoms with E-state index in [4.69, 9.17) is 14.7 Å². The average Bonchev–Trinajstić information content (AvgIpc) is 3.30. The van der Waals surface area contributed by atoms with Crippen molar-refractivity contribution in [2.75, 3.05) is 23.4 Å². The van der Waals surface area contributed by atoms with Crippen molar-refractivity contribution in [2.45, 2.75) is 26.8 Å². The number of amides is 2. The zero-order valence-corrected chi connectivity index (χ0v) is 19.6. The van der Waals surface area contributed by atoms with Crippen molar-refractivity contribution in [3.8, 4) is 22.8 Å². The summed E-state index contributed by atoms with van der Waals surface area (Å²) in [5.74, 6) is 3.34. The van der Waals surface area contributed by atoms with Crippen molar-refractivity contribution >= 4 is 23.4 Å². The van der Waals surface area contributed by atoms with E-state index in [0.29, 0.717) is 19.6 Å². The molecule has 0 spiro atoms. The molecule has 9 heteroatoms. The van der Waals surface area contributed by atoms with E-state index in [1.807, 2.05) is 49.1 Å². The number of pyridine rings is 2. The lowest BCUT2D eigenvalue weighted by molar-refractivity contribution is 0.250. The maximum absolute atomic E-state index is 11.6. The molecule has 0 atom stereocenters. The second-order valence-electron chi connectivity index (χ2n) is 8.57. The standard InChI is InChI=1S/C26H25N7O2/c1-3-32-24-18(23-28-10-11-33(23)22-16(2)7-9-27-25(22)32)13-17(14-29-24)8-12-35-21-6-4-5-20-19(21)15-30-26(34)31-20/h4-7,9-11,13-14H,3,8,12,15H2,1-2H3,(H2,30,31,34). The molecule has 0 saturated heterocycles. The molecule has 4 aromatic rings. The SMILES string of the molecule is CCN1c2ncc(CCOc3cccc4c3CNC(=O)N4)cc2-c2nccn2-c2c(C)ccnc21. The lowest BCUT2D eigenvalue weighted by atomic mass is 10.1. The van der Waals surface area contributed by atoms with Crippen LogP contribution in [0.5, 0.6) is 5.75 Å². The fourth-order valence-corrected chi connectivity index (χ4v) is 4.75. The van der Waals surface area contributed by atoms with Crippen molar-refractivity contribution in [3.05, 3.63) is 71.8 Å². The quantitative estimate of drug-likeness (QED) is 0.453. The van der Waals surface area contributed by atoms with Crippen LogP contribution in [0.4, 0.5) is 22.1 Å². The predicted octanol–water partition coefficient (Wildman–Crippen LogP) is 4.37. The molecular weight excluding hydrogens is 442 g/mol. The van der Waals surface area contributed by atoms with E-state index < -0.39 is 0 Å². The highest BCUT2D eigenvalue weighted by Crippen LogP contribution is 2.41. The molecule has 1 aromatic carbocycles. The molecule has 2 N–H and O–H groups in total. The maximum Gasteiger partial charge on any atom is 0.319 e. The van der Waals surface area contributed by atoms with Gasteiger partial charge in [-0.2, -0.15) is 0 Å². The molecule has 0 bridgehead atoms. The molecule has 0 fully saturated rings. The van der Waals surface area contributed by atoms with Crippen LogP contribution in [-0.2, 0) is 13.0 Å². The van der Waals surface area contributed by atoms with Crippen LogP contribution in [0.1, 0.15) is 23.6 Å². The van der Waals surface area contributed by atoms with Crippen LogP contribution in [0.25, 0.3) is 17.1 Å². The van der Waals surface area contributed by atoms with E-state index >= 15 is 0 Å². The highest BCUT2D eigenvalue weighted by atomic mass is 16.5. The Bertz CT molecular complexity index is 1450. The Labute approximate surface area is 202 Å². The fraction of sp³-hybridized carbons (Fsp3) is 0.231. The highest BCUT2D eigenvalue weighted by molar-refractivity contribution is 5.92. The number of hydrogen-bond acceptors (Lipinski definition) is 6. The van der Waals surface area contributed by atoms with Gasteiger partial charge in [-0.15, -0.1) is 0 Å². The number of nitrogens with zero attached hydrogens (tertiary/aromatic N) is 5. The van der Waals surface area contributed by atoms with Gasteiger partial charge in [0, 0.05) is 43.3 Å². The summed E-state index contributed by atoms with van der Waals surface area (Å²) < 4.78 is 8.22. The first-order valence-electron chi connectivity index (χ1n) is 11.7. The fourth-order valence-electron chi connectivity index (χ4n) is 4.75. The van der Waals surface area contributed by atoms with Gasteiger partial charge >= 0.3 is 6.03 Å². The van der Waals surface area contributed by atoms with Crippen LogP contribution < -0.4 is 20.3 Å². The Morgan fingerprint density at radius 1 is 1.11 bits per heavy atom. The molecule has 9 nitrogen and oxygen atoms in total. The van der Waals surface area contributed by atoms with Crippen molar-refractivity contribution in [2.24, 2.45) is 0 Å². The summed E-state index contributed by atoms with van der Waals surface area (Å²) in [5, 5.41) is 5.61. The molecular formula is C26H25N7O2. The van der Waals surface area contributed by atoms with Gasteiger partial charge in [0.2, 0.25) is 0 Å². The van der Waals surface area contributed by atoms with Gasteiger partial charge in [0.15, 0.2) is 5.82 Å². The molecule has 5 heterocycles. The smallest absolute Gasteiger partial charge is 0.319 e. The monoisotopic (exact) mass is 467 g/mol. The number of rotatable bonds is 5. The third kappa shape index (κ3) is 3.56. The molecule has 176 valence electrons. The number of nitrogens with one attached hydrogen (secondary N) is 2. The second-order valence-corrected chi connectivity index (χ2v) is 8.57. The summed E-state index contributed by atoms with van der Waals surface area (Å²) in [5.41, 5.74) is 5.92. The minimum atomic E-state index is -0.197. The zero-order chi connectivity index (χ0) is 23.9. The predicted molar refractivity (Wildman–Crippen MR) is 134 cm³/mol. The number of benzene rings is 1. The second kappa shape index (κ2) is 8.43. The van der Waals surface area contributed by atoms with Crippen molar-refractivity contribution < 1.29 is 9.53 Å². The number of ether oxygens (including phenoxy) is 1. The largest absolute Gasteiger partial charge is 0.493 e. The van der Waals surface area contributed by atoms with Crippen LogP contribution in [0.2, 0.25) is 0 Å². The van der Waals surface area contributed by atoms with Gasteiger partial charge in [-0.25, -0.2) is 19.7 Å². The van der Waals surface area contributed by atoms with Crippen LogP contribution in [0.3, 0.4) is 0 Å². The first-order chi connectivity index (χ1) is 17.1. The van der Waals surface area contributed by atoms with Gasteiger partial charge in [0.25, 0.3) is 0 Å². The first-order valence-corrected chi connectivity index (χ1v) is 11.7. The summed E-state index contributed by atoms with van der Waals surface area (Å²) in [4.78, 5) is 28.0. The van der Waals surface area contributed by atoms with Crippen LogP contribution in [0, 0.1) is 6.92 Å². The number of carbonyl (C=O) groups is 1. The molecule has 2 aliphatic heterocycles. The number of aryl methyl sites for hydroxylation is 1. The number of urea groups is 1. The third-order valence-corrected chi connectivity index (χ3v) is 6.44. The van der Waals surface area contributed by atoms with Gasteiger partial charge in [0.1, 0.15) is 17.4 Å². The number of aromatic nitrogens is 4. The van der Waals surface area contributed by atoms with E-state index in [1.165, 1.54) is 0 Å². The lowest BCUT2D eigenvalue weighted by Gasteiger charge is -2.23. The Morgan fingerprint density at radius 2 is 2.03 bits per heavy atom. The molecule has 3 aromatic heterocycles. The van der Waals surface area contributed by atoms with E-state index in [-0.39, 0.29) is 6.03 Å². The van der Waals surface area contributed by atoms with Gasteiger partial charge in [-0.1, -0.05) is 6.07 Å². The van der Waals surface area contributed by atoms with Crippen LogP contribution >= 0.6 is 0 Å².